The summed E-state index contributed by atoms with van der Waals surface area (Å²) in [4.78, 5) is 26.7. The Balaban J connectivity index is 1.76. The molecule has 1 N–H and O–H groups in total. The second-order valence-corrected chi connectivity index (χ2v) is 8.90. The molecule has 3 heterocycles. The molecule has 1 fully saturated rings. The van der Waals surface area contributed by atoms with Gasteiger partial charge in [0.05, 0.1) is 5.69 Å². The highest BCUT2D eigenvalue weighted by molar-refractivity contribution is 7.98. The van der Waals surface area contributed by atoms with Crippen molar-refractivity contribution in [3.05, 3.63) is 39.9 Å². The smallest absolute Gasteiger partial charge is 0.278 e. The number of hydrogen-bond acceptors (Lipinski definition) is 6. The molecule has 0 saturated heterocycles. The van der Waals surface area contributed by atoms with Crippen LogP contribution in [0.25, 0.3) is 16.9 Å². The van der Waals surface area contributed by atoms with Gasteiger partial charge in [0.25, 0.3) is 5.56 Å². The van der Waals surface area contributed by atoms with Gasteiger partial charge in [-0.15, -0.1) is 0 Å². The van der Waals surface area contributed by atoms with Crippen LogP contribution in [-0.2, 0) is 6.42 Å². The molecule has 1 saturated carbocycles. The van der Waals surface area contributed by atoms with E-state index in [-0.39, 0.29) is 17.0 Å². The number of aryl methyl sites for hydroxylation is 1. The molecule has 5 rings (SSSR count). The van der Waals surface area contributed by atoms with Crippen LogP contribution in [0.3, 0.4) is 0 Å². The van der Waals surface area contributed by atoms with E-state index in [9.17, 15) is 9.90 Å². The van der Waals surface area contributed by atoms with E-state index in [2.05, 4.69) is 9.97 Å². The van der Waals surface area contributed by atoms with Crippen LogP contribution >= 0.6 is 11.8 Å². The number of aliphatic hydroxyl groups excluding tert-OH is 1. The van der Waals surface area contributed by atoms with Crippen LogP contribution in [-0.4, -0.2) is 35.7 Å². The molecule has 0 bridgehead atoms. The van der Waals surface area contributed by atoms with Crippen molar-refractivity contribution in [2.24, 2.45) is 5.41 Å². The predicted octanol–water partition coefficient (Wildman–Crippen LogP) is 3.04. The maximum Gasteiger partial charge on any atom is 0.278 e. The van der Waals surface area contributed by atoms with Crippen molar-refractivity contribution < 1.29 is 5.11 Å². The first-order valence-electron chi connectivity index (χ1n) is 9.68. The zero-order valence-corrected chi connectivity index (χ0v) is 17.0. The summed E-state index contributed by atoms with van der Waals surface area (Å²) in [7, 11) is 0. The third kappa shape index (κ3) is 2.47. The molecule has 7 nitrogen and oxygen atoms in total. The van der Waals surface area contributed by atoms with Crippen LogP contribution in [0.2, 0.25) is 0 Å². The fraction of sp³-hybridized carbons (Fsp3) is 0.500. The average Bonchev–Trinajstić information content (AvgIpc) is 3.42. The highest BCUT2D eigenvalue weighted by Gasteiger charge is 2.52. The number of pyridine rings is 1. The summed E-state index contributed by atoms with van der Waals surface area (Å²) in [6.07, 6.45) is 7.06. The minimum atomic E-state index is -0.534. The van der Waals surface area contributed by atoms with Crippen molar-refractivity contribution in [2.75, 3.05) is 6.26 Å². The Bertz CT molecular complexity index is 1150. The van der Waals surface area contributed by atoms with E-state index in [4.69, 9.17) is 4.98 Å². The number of thioether (sulfide) groups is 1. The van der Waals surface area contributed by atoms with E-state index in [1.807, 2.05) is 32.2 Å². The highest BCUT2D eigenvalue weighted by atomic mass is 32.2. The van der Waals surface area contributed by atoms with Gasteiger partial charge in [0, 0.05) is 17.7 Å². The number of rotatable bonds is 3. The van der Waals surface area contributed by atoms with Crippen molar-refractivity contribution in [2.45, 2.75) is 56.8 Å². The van der Waals surface area contributed by atoms with Gasteiger partial charge in [0.1, 0.15) is 11.5 Å². The lowest BCUT2D eigenvalue weighted by Gasteiger charge is -2.29. The number of aromatic nitrogens is 5. The van der Waals surface area contributed by atoms with E-state index in [1.54, 1.807) is 15.6 Å². The molecule has 0 aromatic carbocycles. The number of hydrogen-bond donors (Lipinski definition) is 1. The van der Waals surface area contributed by atoms with Gasteiger partial charge in [-0.1, -0.05) is 17.8 Å². The zero-order valence-electron chi connectivity index (χ0n) is 16.2. The van der Waals surface area contributed by atoms with Crippen molar-refractivity contribution in [1.29, 1.82) is 0 Å². The molecule has 2 aliphatic carbocycles. The lowest BCUT2D eigenvalue weighted by atomic mass is 9.82. The van der Waals surface area contributed by atoms with Crippen LogP contribution in [0.15, 0.2) is 28.3 Å². The fourth-order valence-corrected chi connectivity index (χ4v) is 4.66. The molecule has 1 unspecified atom stereocenters. The van der Waals surface area contributed by atoms with Crippen LogP contribution in [0.4, 0.5) is 0 Å². The van der Waals surface area contributed by atoms with Crippen LogP contribution < -0.4 is 5.56 Å². The molecule has 3 aromatic heterocycles. The quantitative estimate of drug-likeness (QED) is 0.540. The second-order valence-electron chi connectivity index (χ2n) is 8.13. The summed E-state index contributed by atoms with van der Waals surface area (Å²) in [5.74, 6) is 0.613. The molecule has 1 atom stereocenters. The van der Waals surface area contributed by atoms with E-state index in [1.165, 1.54) is 11.8 Å². The Labute approximate surface area is 166 Å². The van der Waals surface area contributed by atoms with Gasteiger partial charge >= 0.3 is 0 Å². The summed E-state index contributed by atoms with van der Waals surface area (Å²) in [6.45, 7) is 3.93. The molecule has 0 radical (unpaired) electrons. The van der Waals surface area contributed by atoms with Gasteiger partial charge in [-0.2, -0.15) is 0 Å². The Morgan fingerprint density at radius 3 is 2.71 bits per heavy atom. The average molecular weight is 398 g/mol. The molecule has 146 valence electrons. The zero-order chi connectivity index (χ0) is 19.6. The summed E-state index contributed by atoms with van der Waals surface area (Å²) in [5.41, 5.74) is 2.30. The number of nitrogens with zero attached hydrogens (tertiary/aromatic N) is 5. The van der Waals surface area contributed by atoms with Gasteiger partial charge in [0.15, 0.2) is 16.6 Å². The maximum absolute atomic E-state index is 13.0. The molecule has 2 aliphatic rings. The monoisotopic (exact) mass is 397 g/mol. The van der Waals surface area contributed by atoms with E-state index < -0.39 is 6.10 Å². The highest BCUT2D eigenvalue weighted by Crippen LogP contribution is 2.60. The molecular weight excluding hydrogens is 374 g/mol. The topological polar surface area (TPSA) is 85.8 Å². The summed E-state index contributed by atoms with van der Waals surface area (Å²) >= 11 is 1.44. The molecule has 0 aliphatic heterocycles. The predicted molar refractivity (Wildman–Crippen MR) is 108 cm³/mol. The van der Waals surface area contributed by atoms with Gasteiger partial charge in [-0.3, -0.25) is 4.79 Å². The van der Waals surface area contributed by atoms with Gasteiger partial charge in [-0.25, -0.2) is 24.3 Å². The van der Waals surface area contributed by atoms with Crippen molar-refractivity contribution >= 4 is 22.8 Å². The van der Waals surface area contributed by atoms with Crippen molar-refractivity contribution in [1.82, 2.24) is 24.3 Å². The normalized spacial score (nSPS) is 20.1. The first-order valence-corrected chi connectivity index (χ1v) is 10.9. The Morgan fingerprint density at radius 1 is 1.25 bits per heavy atom. The van der Waals surface area contributed by atoms with Gasteiger partial charge in [0.2, 0.25) is 0 Å². The minimum Gasteiger partial charge on any atom is -0.386 e. The third-order valence-electron chi connectivity index (χ3n) is 6.11. The molecule has 0 amide bonds. The standard InChI is InChI=1S/C20H23N5O2S/c1-11(2)24-18(27)13-10-21-19(28-3)23-17(13)25(24)14-5-4-12-6-7-20(8-9-20)16(26)15(12)22-14/h4-5,10-11,16,26H,6-9H2,1-3H3. The molecule has 3 aromatic rings. The SMILES string of the molecule is CSc1ncc2c(=O)n(C(C)C)n(-c3ccc4c(n3)C(O)C3(CC4)CC3)c2n1. The first kappa shape index (κ1) is 17.9. The summed E-state index contributed by atoms with van der Waals surface area (Å²) in [5, 5.41) is 12.0. The minimum absolute atomic E-state index is 0.0171. The van der Waals surface area contributed by atoms with E-state index in [0.29, 0.717) is 22.0 Å². The Morgan fingerprint density at radius 2 is 2.04 bits per heavy atom. The Kier molecular flexibility index (Phi) is 3.93. The first-order chi connectivity index (χ1) is 13.4. The van der Waals surface area contributed by atoms with Crippen molar-refractivity contribution in [3.8, 4) is 5.82 Å². The number of fused-ring (bicyclic) bond motifs is 2. The molecule has 8 heteroatoms. The third-order valence-corrected chi connectivity index (χ3v) is 6.67. The van der Waals surface area contributed by atoms with Gasteiger partial charge < -0.3 is 5.11 Å². The lowest BCUT2D eigenvalue weighted by Crippen LogP contribution is -2.27. The largest absolute Gasteiger partial charge is 0.386 e. The molecule has 28 heavy (non-hydrogen) atoms. The lowest BCUT2D eigenvalue weighted by molar-refractivity contribution is 0.0734. The fourth-order valence-electron chi connectivity index (χ4n) is 4.32. The van der Waals surface area contributed by atoms with Crippen molar-refractivity contribution in [3.63, 3.8) is 0 Å². The van der Waals surface area contributed by atoms with Crippen LogP contribution in [0.5, 0.6) is 0 Å². The summed E-state index contributed by atoms with van der Waals surface area (Å²) < 4.78 is 3.45. The molecule has 1 spiro atoms. The second kappa shape index (κ2) is 6.15. The van der Waals surface area contributed by atoms with Crippen LogP contribution in [0.1, 0.15) is 56.5 Å². The maximum atomic E-state index is 13.0. The molecular formula is C20H23N5O2S. The Hall–Kier alpha value is -2.19. The van der Waals surface area contributed by atoms with Crippen LogP contribution in [0, 0.1) is 5.41 Å². The summed E-state index contributed by atoms with van der Waals surface area (Å²) in [6, 6.07) is 3.89. The van der Waals surface area contributed by atoms with E-state index in [0.717, 1.165) is 36.9 Å². The van der Waals surface area contributed by atoms with Gasteiger partial charge in [-0.05, 0) is 57.4 Å². The van der Waals surface area contributed by atoms with E-state index >= 15 is 0 Å². The number of aliphatic hydroxyl groups is 1.